The fourth-order valence-corrected chi connectivity index (χ4v) is 4.50. The number of pyridine rings is 1. The molecule has 0 fully saturated rings. The highest BCUT2D eigenvalue weighted by molar-refractivity contribution is 8.13. The molecule has 0 radical (unpaired) electrons. The lowest BCUT2D eigenvalue weighted by Crippen LogP contribution is -2.44. The van der Waals surface area contributed by atoms with Crippen LogP contribution in [0.1, 0.15) is 31.2 Å². The molecule has 2 amide bonds. The van der Waals surface area contributed by atoms with Crippen LogP contribution in [0.5, 0.6) is 0 Å². The molecule has 1 heterocycles. The van der Waals surface area contributed by atoms with Gasteiger partial charge in [0.2, 0.25) is 11.0 Å². The molecule has 0 aliphatic heterocycles. The van der Waals surface area contributed by atoms with E-state index in [-0.39, 0.29) is 24.2 Å². The van der Waals surface area contributed by atoms with Gasteiger partial charge in [0, 0.05) is 24.4 Å². The number of ether oxygens (including phenoxy) is 3. The Morgan fingerprint density at radius 3 is 2.59 bits per heavy atom. The third-order valence-electron chi connectivity index (χ3n) is 5.76. The molecule has 1 unspecified atom stereocenters. The lowest BCUT2D eigenvalue weighted by molar-refractivity contribution is -0.118. The Hall–Kier alpha value is -3.47. The van der Waals surface area contributed by atoms with Crippen molar-refractivity contribution in [2.45, 2.75) is 38.3 Å². The van der Waals surface area contributed by atoms with Gasteiger partial charge in [0.15, 0.2) is 0 Å². The number of anilines is 1. The molecule has 208 valence electrons. The molecule has 39 heavy (non-hydrogen) atoms. The summed E-state index contributed by atoms with van der Waals surface area (Å²) in [6.07, 6.45) is 3.71. The molecular weight excluding hydrogens is 518 g/mol. The SMILES string of the molecule is COCCOCC(=O)SCCCCCC(NC(=O)OCc1ccccc1)C(=O)Nc1cccc2cccnc12. The van der Waals surface area contributed by atoms with Gasteiger partial charge in [-0.1, -0.05) is 73.1 Å². The summed E-state index contributed by atoms with van der Waals surface area (Å²) in [5.74, 6) is 0.319. The van der Waals surface area contributed by atoms with Crippen LogP contribution in [-0.2, 0) is 30.4 Å². The Morgan fingerprint density at radius 1 is 0.949 bits per heavy atom. The third kappa shape index (κ3) is 11.0. The van der Waals surface area contributed by atoms with Crippen molar-refractivity contribution in [3.63, 3.8) is 0 Å². The molecule has 2 N–H and O–H groups in total. The van der Waals surface area contributed by atoms with E-state index in [9.17, 15) is 14.4 Å². The van der Waals surface area contributed by atoms with Crippen LogP contribution >= 0.6 is 11.8 Å². The van der Waals surface area contributed by atoms with Gasteiger partial charge < -0.3 is 24.8 Å². The number of hydrogen-bond donors (Lipinski definition) is 2. The van der Waals surface area contributed by atoms with Crippen LogP contribution in [0.4, 0.5) is 10.5 Å². The summed E-state index contributed by atoms with van der Waals surface area (Å²) < 4.78 is 15.5. The molecule has 0 spiro atoms. The van der Waals surface area contributed by atoms with Crippen LogP contribution in [0.25, 0.3) is 10.9 Å². The summed E-state index contributed by atoms with van der Waals surface area (Å²) in [5.41, 5.74) is 2.10. The van der Waals surface area contributed by atoms with Gasteiger partial charge in [0.05, 0.1) is 24.4 Å². The van der Waals surface area contributed by atoms with E-state index in [2.05, 4.69) is 15.6 Å². The second kappa shape index (κ2) is 17.2. The number of hydrogen-bond acceptors (Lipinski definition) is 8. The number of alkyl carbamates (subject to hydrolysis) is 1. The lowest BCUT2D eigenvalue weighted by Gasteiger charge is -2.19. The zero-order valence-electron chi connectivity index (χ0n) is 22.1. The lowest BCUT2D eigenvalue weighted by atomic mass is 10.1. The number of fused-ring (bicyclic) bond motifs is 1. The fraction of sp³-hybridized carbons (Fsp3) is 0.379. The maximum Gasteiger partial charge on any atom is 0.408 e. The standard InChI is InChI=1S/C29H35N3O6S/c1-36-17-18-37-21-26(33)39-19-7-3-6-14-25(32-29(35)38-20-22-10-4-2-5-11-22)28(34)31-24-15-8-12-23-13-9-16-30-27(23)24/h2,4-5,8-13,15-16,25H,3,6-7,14,17-21H2,1H3,(H,31,34)(H,32,35). The van der Waals surface area contributed by atoms with Crippen LogP contribution in [0, 0.1) is 0 Å². The minimum absolute atomic E-state index is 0.0186. The zero-order valence-corrected chi connectivity index (χ0v) is 22.9. The van der Waals surface area contributed by atoms with E-state index in [4.69, 9.17) is 14.2 Å². The highest BCUT2D eigenvalue weighted by atomic mass is 32.2. The molecular formula is C29H35N3O6S. The van der Waals surface area contributed by atoms with E-state index in [1.807, 2.05) is 54.6 Å². The van der Waals surface area contributed by atoms with E-state index < -0.39 is 12.1 Å². The summed E-state index contributed by atoms with van der Waals surface area (Å²) in [6, 6.07) is 17.8. The number of carbonyl (C=O) groups is 3. The normalized spacial score (nSPS) is 11.6. The number of rotatable bonds is 16. The monoisotopic (exact) mass is 553 g/mol. The number of aromatic nitrogens is 1. The van der Waals surface area contributed by atoms with Gasteiger partial charge in [-0.25, -0.2) is 4.79 Å². The van der Waals surface area contributed by atoms with Crippen LogP contribution in [0.3, 0.4) is 0 Å². The maximum atomic E-state index is 13.2. The number of nitrogens with zero attached hydrogens (tertiary/aromatic N) is 1. The Bertz CT molecular complexity index is 1190. The zero-order chi connectivity index (χ0) is 27.7. The first-order valence-corrected chi connectivity index (χ1v) is 13.9. The Kier molecular flexibility index (Phi) is 13.3. The second-order valence-corrected chi connectivity index (χ2v) is 9.90. The van der Waals surface area contributed by atoms with E-state index in [1.54, 1.807) is 19.4 Å². The number of methoxy groups -OCH3 is 1. The van der Waals surface area contributed by atoms with Crippen LogP contribution in [0.15, 0.2) is 66.9 Å². The quantitative estimate of drug-likeness (QED) is 0.239. The van der Waals surface area contributed by atoms with Gasteiger partial charge in [0.1, 0.15) is 19.3 Å². The fourth-order valence-electron chi connectivity index (χ4n) is 3.75. The Labute approximate surface area is 233 Å². The van der Waals surface area contributed by atoms with E-state index in [1.165, 1.54) is 11.8 Å². The average molecular weight is 554 g/mol. The molecule has 0 saturated heterocycles. The summed E-state index contributed by atoms with van der Waals surface area (Å²) in [7, 11) is 1.58. The number of thioether (sulfide) groups is 1. The first-order valence-electron chi connectivity index (χ1n) is 12.9. The smallest absolute Gasteiger partial charge is 0.408 e. The third-order valence-corrected chi connectivity index (χ3v) is 6.70. The molecule has 1 aromatic heterocycles. The summed E-state index contributed by atoms with van der Waals surface area (Å²) in [5, 5.41) is 6.52. The second-order valence-electron chi connectivity index (χ2n) is 8.74. The summed E-state index contributed by atoms with van der Waals surface area (Å²) in [4.78, 5) is 42.0. The number of para-hydroxylation sites is 1. The first-order chi connectivity index (χ1) is 19.1. The van der Waals surface area contributed by atoms with E-state index in [0.717, 1.165) is 23.8 Å². The van der Waals surface area contributed by atoms with E-state index in [0.29, 0.717) is 43.0 Å². The van der Waals surface area contributed by atoms with Crippen molar-refractivity contribution in [2.24, 2.45) is 0 Å². The predicted molar refractivity (Wildman–Crippen MR) is 153 cm³/mol. The minimum atomic E-state index is -0.796. The Morgan fingerprint density at radius 2 is 1.77 bits per heavy atom. The van der Waals surface area contributed by atoms with Gasteiger partial charge >= 0.3 is 6.09 Å². The predicted octanol–water partition coefficient (Wildman–Crippen LogP) is 4.95. The number of nitrogens with one attached hydrogen (secondary N) is 2. The van der Waals surface area contributed by atoms with Gasteiger partial charge in [-0.2, -0.15) is 0 Å². The molecule has 2 aromatic carbocycles. The topological polar surface area (TPSA) is 116 Å². The van der Waals surface area contributed by atoms with Gasteiger partial charge in [-0.05, 0) is 30.5 Å². The summed E-state index contributed by atoms with van der Waals surface area (Å²) in [6.45, 7) is 1.02. The van der Waals surface area contributed by atoms with Gasteiger partial charge in [-0.15, -0.1) is 0 Å². The highest BCUT2D eigenvalue weighted by Crippen LogP contribution is 2.21. The Balaban J connectivity index is 1.51. The maximum absolute atomic E-state index is 13.2. The van der Waals surface area contributed by atoms with Crippen molar-refractivity contribution < 1.29 is 28.6 Å². The largest absolute Gasteiger partial charge is 0.445 e. The number of benzene rings is 2. The number of unbranched alkanes of at least 4 members (excludes halogenated alkanes) is 2. The van der Waals surface area contributed by atoms with Crippen molar-refractivity contribution in [1.29, 1.82) is 0 Å². The van der Waals surface area contributed by atoms with Gasteiger partial charge in [0.25, 0.3) is 0 Å². The summed E-state index contributed by atoms with van der Waals surface area (Å²) >= 11 is 1.24. The molecule has 0 saturated carbocycles. The molecule has 0 bridgehead atoms. The van der Waals surface area contributed by atoms with Crippen LogP contribution < -0.4 is 10.6 Å². The van der Waals surface area contributed by atoms with Crippen molar-refractivity contribution in [2.75, 3.05) is 38.0 Å². The molecule has 1 atom stereocenters. The molecule has 3 aromatic rings. The highest BCUT2D eigenvalue weighted by Gasteiger charge is 2.22. The molecule has 0 aliphatic rings. The van der Waals surface area contributed by atoms with Crippen molar-refractivity contribution in [3.8, 4) is 0 Å². The number of amides is 2. The molecule has 0 aliphatic carbocycles. The number of carbonyl (C=O) groups excluding carboxylic acids is 3. The van der Waals surface area contributed by atoms with E-state index >= 15 is 0 Å². The first kappa shape index (κ1) is 30.1. The van der Waals surface area contributed by atoms with Crippen molar-refractivity contribution in [3.05, 3.63) is 72.4 Å². The van der Waals surface area contributed by atoms with Crippen molar-refractivity contribution >= 4 is 45.5 Å². The van der Waals surface area contributed by atoms with Gasteiger partial charge in [-0.3, -0.25) is 14.6 Å². The van der Waals surface area contributed by atoms with Crippen molar-refractivity contribution in [1.82, 2.24) is 10.3 Å². The average Bonchev–Trinajstić information content (AvgIpc) is 2.96. The minimum Gasteiger partial charge on any atom is -0.445 e. The van der Waals surface area contributed by atoms with Crippen LogP contribution in [-0.4, -0.2) is 60.8 Å². The molecule has 10 heteroatoms. The molecule has 3 rings (SSSR count). The van der Waals surface area contributed by atoms with Crippen LogP contribution in [0.2, 0.25) is 0 Å². The molecule has 9 nitrogen and oxygen atoms in total.